The van der Waals surface area contributed by atoms with E-state index in [4.69, 9.17) is 5.26 Å². The molecule has 0 aliphatic carbocycles. The first-order chi connectivity index (χ1) is 7.61. The number of rotatable bonds is 3. The highest BCUT2D eigenvalue weighted by molar-refractivity contribution is 5.74. The molecule has 0 saturated carbocycles. The van der Waals surface area contributed by atoms with Gasteiger partial charge in [0.15, 0.2) is 0 Å². The van der Waals surface area contributed by atoms with Crippen molar-refractivity contribution in [3.8, 4) is 6.07 Å². The molecule has 0 unspecified atom stereocenters. The Morgan fingerprint density at radius 1 is 1.38 bits per heavy atom. The molecule has 3 nitrogen and oxygen atoms in total. The molecule has 82 valence electrons. The van der Waals surface area contributed by atoms with Crippen LogP contribution in [0.15, 0.2) is 24.3 Å². The molecule has 0 saturated heterocycles. The molecular formula is C13H15N3. The van der Waals surface area contributed by atoms with Crippen molar-refractivity contribution < 1.29 is 0 Å². The van der Waals surface area contributed by atoms with Gasteiger partial charge in [-0.05, 0) is 32.4 Å². The molecule has 1 N–H and O–H groups in total. The van der Waals surface area contributed by atoms with Crippen LogP contribution in [0.4, 0.5) is 0 Å². The van der Waals surface area contributed by atoms with Gasteiger partial charge in [0, 0.05) is 6.42 Å². The first kappa shape index (κ1) is 10.7. The Morgan fingerprint density at radius 3 is 2.81 bits per heavy atom. The fourth-order valence-corrected chi connectivity index (χ4v) is 1.61. The van der Waals surface area contributed by atoms with Crippen LogP contribution < -0.4 is 0 Å². The van der Waals surface area contributed by atoms with Crippen LogP contribution in [-0.2, 0) is 6.42 Å². The predicted molar refractivity (Wildman–Crippen MR) is 63.8 cm³/mol. The number of fused-ring (bicyclic) bond motifs is 1. The minimum absolute atomic E-state index is 0.279. The zero-order valence-corrected chi connectivity index (χ0v) is 9.62. The molecule has 0 atom stereocenters. The Balaban J connectivity index is 2.14. The third kappa shape index (κ3) is 2.22. The Bertz CT molecular complexity index is 498. The lowest BCUT2D eigenvalue weighted by molar-refractivity contribution is 0.448. The maximum Gasteiger partial charge on any atom is 0.107 e. The van der Waals surface area contributed by atoms with Gasteiger partial charge in [0.1, 0.15) is 5.82 Å². The monoisotopic (exact) mass is 213 g/mol. The van der Waals surface area contributed by atoms with Crippen LogP contribution in [-0.4, -0.2) is 9.97 Å². The van der Waals surface area contributed by atoms with Crippen molar-refractivity contribution in [2.24, 2.45) is 5.41 Å². The number of nitriles is 1. The Labute approximate surface area is 95.1 Å². The van der Waals surface area contributed by atoms with Crippen LogP contribution in [0.3, 0.4) is 0 Å². The van der Waals surface area contributed by atoms with Gasteiger partial charge < -0.3 is 4.98 Å². The number of nitrogens with zero attached hydrogens (tertiary/aromatic N) is 2. The van der Waals surface area contributed by atoms with E-state index in [1.54, 1.807) is 0 Å². The Morgan fingerprint density at radius 2 is 2.12 bits per heavy atom. The summed E-state index contributed by atoms with van der Waals surface area (Å²) in [6, 6.07) is 10.3. The lowest BCUT2D eigenvalue weighted by Gasteiger charge is -2.12. The van der Waals surface area contributed by atoms with Crippen LogP contribution in [0, 0.1) is 16.7 Å². The molecule has 1 aromatic heterocycles. The Hall–Kier alpha value is -1.82. The molecule has 2 rings (SSSR count). The van der Waals surface area contributed by atoms with E-state index in [9.17, 15) is 0 Å². The number of aromatic amines is 1. The lowest BCUT2D eigenvalue weighted by atomic mass is 9.90. The van der Waals surface area contributed by atoms with Gasteiger partial charge in [-0.3, -0.25) is 0 Å². The number of hydrogen-bond acceptors (Lipinski definition) is 2. The van der Waals surface area contributed by atoms with Gasteiger partial charge in [0.2, 0.25) is 0 Å². The summed E-state index contributed by atoms with van der Waals surface area (Å²) in [5.74, 6) is 0.963. The van der Waals surface area contributed by atoms with Gasteiger partial charge in [0.05, 0.1) is 22.5 Å². The third-order valence-electron chi connectivity index (χ3n) is 2.73. The van der Waals surface area contributed by atoms with E-state index in [0.29, 0.717) is 0 Å². The van der Waals surface area contributed by atoms with E-state index in [1.165, 1.54) is 0 Å². The number of aromatic nitrogens is 2. The van der Waals surface area contributed by atoms with E-state index < -0.39 is 0 Å². The second-order valence-electron chi connectivity index (χ2n) is 4.70. The molecule has 0 spiro atoms. The summed E-state index contributed by atoms with van der Waals surface area (Å²) in [6.45, 7) is 3.91. The number of nitrogens with one attached hydrogen (secondary N) is 1. The molecule has 0 fully saturated rings. The van der Waals surface area contributed by atoms with Crippen molar-refractivity contribution in [1.29, 1.82) is 5.26 Å². The summed E-state index contributed by atoms with van der Waals surface area (Å²) in [4.78, 5) is 7.76. The molecule has 16 heavy (non-hydrogen) atoms. The van der Waals surface area contributed by atoms with Gasteiger partial charge in [-0.2, -0.15) is 5.26 Å². The molecule has 0 amide bonds. The van der Waals surface area contributed by atoms with Crippen LogP contribution in [0.1, 0.15) is 26.1 Å². The number of benzene rings is 1. The standard InChI is InChI=1S/C13H15N3/c1-13(2,9-14)8-7-12-15-10-5-3-4-6-11(10)16-12/h3-6H,7-8H2,1-2H3,(H,15,16). The molecule has 1 aromatic carbocycles. The quantitative estimate of drug-likeness (QED) is 0.851. The number of imidazole rings is 1. The smallest absolute Gasteiger partial charge is 0.107 e. The van der Waals surface area contributed by atoms with E-state index >= 15 is 0 Å². The fourth-order valence-electron chi connectivity index (χ4n) is 1.61. The molecule has 3 heteroatoms. The first-order valence-corrected chi connectivity index (χ1v) is 5.46. The second kappa shape index (κ2) is 3.97. The SMILES string of the molecule is CC(C)(C#N)CCc1nc2ccccc2[nH]1. The molecule has 0 bridgehead atoms. The summed E-state index contributed by atoms with van der Waals surface area (Å²) in [6.07, 6.45) is 1.64. The highest BCUT2D eigenvalue weighted by Crippen LogP contribution is 2.21. The van der Waals surface area contributed by atoms with E-state index in [-0.39, 0.29) is 5.41 Å². The lowest BCUT2D eigenvalue weighted by Crippen LogP contribution is -2.09. The van der Waals surface area contributed by atoms with Crippen molar-refractivity contribution in [2.45, 2.75) is 26.7 Å². The average molecular weight is 213 g/mol. The van der Waals surface area contributed by atoms with E-state index in [2.05, 4.69) is 16.0 Å². The van der Waals surface area contributed by atoms with Crippen molar-refractivity contribution in [1.82, 2.24) is 9.97 Å². The van der Waals surface area contributed by atoms with Gasteiger partial charge in [-0.1, -0.05) is 12.1 Å². The zero-order valence-electron chi connectivity index (χ0n) is 9.62. The summed E-state index contributed by atoms with van der Waals surface area (Å²) < 4.78 is 0. The normalized spacial score (nSPS) is 11.6. The van der Waals surface area contributed by atoms with Gasteiger partial charge in [0.25, 0.3) is 0 Å². The van der Waals surface area contributed by atoms with Crippen LogP contribution in [0.5, 0.6) is 0 Å². The van der Waals surface area contributed by atoms with Crippen molar-refractivity contribution in [3.63, 3.8) is 0 Å². The van der Waals surface area contributed by atoms with Crippen LogP contribution >= 0.6 is 0 Å². The Kier molecular flexibility index (Phi) is 2.66. The van der Waals surface area contributed by atoms with Crippen molar-refractivity contribution >= 4 is 11.0 Å². The number of hydrogen-bond donors (Lipinski definition) is 1. The number of H-pyrrole nitrogens is 1. The molecular weight excluding hydrogens is 198 g/mol. The largest absolute Gasteiger partial charge is 0.342 e. The molecule has 1 heterocycles. The van der Waals surface area contributed by atoms with E-state index in [0.717, 1.165) is 29.7 Å². The predicted octanol–water partition coefficient (Wildman–Crippen LogP) is 3.05. The fraction of sp³-hybridized carbons (Fsp3) is 0.385. The van der Waals surface area contributed by atoms with Crippen molar-refractivity contribution in [2.75, 3.05) is 0 Å². The van der Waals surface area contributed by atoms with Crippen LogP contribution in [0.25, 0.3) is 11.0 Å². The molecule has 0 aliphatic heterocycles. The highest BCUT2D eigenvalue weighted by atomic mass is 14.9. The minimum atomic E-state index is -0.279. The average Bonchev–Trinajstić information content (AvgIpc) is 2.69. The second-order valence-corrected chi connectivity index (χ2v) is 4.70. The topological polar surface area (TPSA) is 52.5 Å². The van der Waals surface area contributed by atoms with Crippen LogP contribution in [0.2, 0.25) is 0 Å². The van der Waals surface area contributed by atoms with Gasteiger partial charge >= 0.3 is 0 Å². The zero-order chi connectivity index (χ0) is 11.6. The number of para-hydroxylation sites is 2. The van der Waals surface area contributed by atoms with Gasteiger partial charge in [-0.25, -0.2) is 4.98 Å². The maximum absolute atomic E-state index is 8.93. The highest BCUT2D eigenvalue weighted by Gasteiger charge is 2.17. The molecule has 0 radical (unpaired) electrons. The van der Waals surface area contributed by atoms with Crippen molar-refractivity contribution in [3.05, 3.63) is 30.1 Å². The maximum atomic E-state index is 8.93. The minimum Gasteiger partial charge on any atom is -0.342 e. The summed E-state index contributed by atoms with van der Waals surface area (Å²) >= 11 is 0. The number of aryl methyl sites for hydroxylation is 1. The first-order valence-electron chi connectivity index (χ1n) is 5.46. The van der Waals surface area contributed by atoms with E-state index in [1.807, 2.05) is 38.1 Å². The molecule has 2 aromatic rings. The van der Waals surface area contributed by atoms with Gasteiger partial charge in [-0.15, -0.1) is 0 Å². The molecule has 0 aliphatic rings. The summed E-state index contributed by atoms with van der Waals surface area (Å²) in [5.41, 5.74) is 1.78. The summed E-state index contributed by atoms with van der Waals surface area (Å²) in [7, 11) is 0. The summed E-state index contributed by atoms with van der Waals surface area (Å²) in [5, 5.41) is 8.93. The third-order valence-corrected chi connectivity index (χ3v) is 2.73.